The van der Waals surface area contributed by atoms with Gasteiger partial charge >= 0.3 is 23.9 Å². The van der Waals surface area contributed by atoms with E-state index in [2.05, 4.69) is 59.9 Å². The van der Waals surface area contributed by atoms with E-state index in [-0.39, 0.29) is 51.6 Å². The van der Waals surface area contributed by atoms with Crippen LogP contribution in [0, 0.1) is 50.2 Å². The highest BCUT2D eigenvalue weighted by Crippen LogP contribution is 2.75. The topological polar surface area (TPSA) is 164 Å². The zero-order valence-corrected chi connectivity index (χ0v) is 35.6. The molecule has 0 bridgehead atoms. The summed E-state index contributed by atoms with van der Waals surface area (Å²) in [6, 6.07) is 0. The quantitative estimate of drug-likeness (QED) is 0.168. The van der Waals surface area contributed by atoms with E-state index in [0.717, 1.165) is 51.4 Å². The number of aliphatic hydroxyl groups is 1. The Morgan fingerprint density at radius 1 is 0.750 bits per heavy atom. The Kier molecular flexibility index (Phi) is 11.2. The third kappa shape index (κ3) is 7.00. The van der Waals surface area contributed by atoms with Gasteiger partial charge in [-0.25, -0.2) is 0 Å². The molecule has 0 radical (unpaired) electrons. The van der Waals surface area contributed by atoms with E-state index in [4.69, 9.17) is 23.7 Å². The molecule has 0 spiro atoms. The Bertz CT molecular complexity index is 1640. The lowest BCUT2D eigenvalue weighted by atomic mass is 9.33. The van der Waals surface area contributed by atoms with E-state index in [1.165, 1.54) is 33.3 Å². The van der Waals surface area contributed by atoms with Crippen molar-refractivity contribution in [2.75, 3.05) is 6.61 Å². The predicted molar refractivity (Wildman–Crippen MR) is 205 cm³/mol. The molecular weight excluding hydrogens is 718 g/mol. The number of allylic oxidation sites excluding steroid dienone is 2. The molecule has 12 heteroatoms. The largest absolute Gasteiger partial charge is 0.463 e. The standard InChI is InChI=1S/C44H67NO11/c1-24(46)52-23-30-34(53-25(2)47)35(54-26(3)48)36(55-27(4)49)37(56-30)45-38(51)44-20-18-39(5,6)22-29(44)28-12-13-32-41(9)16-15-33(50)40(7,8)31(41)14-17-43(32,11)42(28,10)19-21-44/h12,29-37,50H,13-23H2,1-11H3,(H,45,51)/t29?,30?,31?,32?,33-,34?,35+,36?,37?,41-,42+,43+,44-/m0/s1. The van der Waals surface area contributed by atoms with Gasteiger partial charge in [-0.05, 0) is 109 Å². The molecular formula is C44H67NO11. The first-order chi connectivity index (χ1) is 25.9. The Labute approximate surface area is 332 Å². The fraction of sp³-hybridized carbons (Fsp3) is 0.841. The number of hydrogen-bond donors (Lipinski definition) is 2. The minimum Gasteiger partial charge on any atom is -0.463 e. The summed E-state index contributed by atoms with van der Waals surface area (Å²) >= 11 is 0. The van der Waals surface area contributed by atoms with Gasteiger partial charge in [-0.3, -0.25) is 24.0 Å². The molecule has 1 heterocycles. The molecule has 6 rings (SSSR count). The number of hydrogen-bond acceptors (Lipinski definition) is 11. The maximum Gasteiger partial charge on any atom is 0.303 e. The molecule has 0 aromatic rings. The van der Waals surface area contributed by atoms with Crippen molar-refractivity contribution >= 4 is 29.8 Å². The van der Waals surface area contributed by atoms with Gasteiger partial charge in [0.05, 0.1) is 11.5 Å². The van der Waals surface area contributed by atoms with Crippen molar-refractivity contribution in [2.45, 2.75) is 177 Å². The van der Waals surface area contributed by atoms with E-state index < -0.39 is 59.9 Å². The normalized spacial score (nSPS) is 43.5. The molecule has 5 fully saturated rings. The summed E-state index contributed by atoms with van der Waals surface area (Å²) < 4.78 is 28.6. The van der Waals surface area contributed by atoms with Gasteiger partial charge in [0.15, 0.2) is 24.5 Å². The summed E-state index contributed by atoms with van der Waals surface area (Å²) in [7, 11) is 0. The Morgan fingerprint density at radius 3 is 1.98 bits per heavy atom. The first kappa shape index (κ1) is 42.6. The van der Waals surface area contributed by atoms with Gasteiger partial charge in [0, 0.05) is 27.7 Å². The van der Waals surface area contributed by atoms with Crippen molar-refractivity contribution in [1.82, 2.24) is 5.32 Å². The summed E-state index contributed by atoms with van der Waals surface area (Å²) in [5.41, 5.74) is 0.387. The van der Waals surface area contributed by atoms with E-state index in [1.807, 2.05) is 0 Å². The van der Waals surface area contributed by atoms with Crippen molar-refractivity contribution in [3.63, 3.8) is 0 Å². The molecule has 1 aliphatic heterocycles. The third-order valence-electron chi connectivity index (χ3n) is 16.3. The second kappa shape index (κ2) is 14.7. The zero-order chi connectivity index (χ0) is 41.4. The van der Waals surface area contributed by atoms with E-state index >= 15 is 4.79 Å². The van der Waals surface area contributed by atoms with E-state index in [0.29, 0.717) is 24.7 Å². The SMILES string of the molecule is CC(=O)OCC1OC(NC(=O)[C@]23CCC(C)(C)CC2C2=CCC4[C@@]5(C)CC[C@H](O)C(C)(C)C5CC[C@@]4(C)[C@]2(C)CC3)C(OC(C)=O)[C@H](OC(C)=O)C1OC(C)=O. The second-order valence-corrected chi connectivity index (χ2v) is 20.3. The van der Waals surface area contributed by atoms with Gasteiger partial charge in [0.1, 0.15) is 12.7 Å². The zero-order valence-electron chi connectivity index (χ0n) is 35.6. The van der Waals surface area contributed by atoms with Gasteiger partial charge < -0.3 is 34.1 Å². The molecule has 12 nitrogen and oxygen atoms in total. The van der Waals surface area contributed by atoms with Crippen LogP contribution in [0.5, 0.6) is 0 Å². The lowest BCUT2D eigenvalue weighted by molar-refractivity contribution is -0.258. The molecule has 1 saturated heterocycles. The van der Waals surface area contributed by atoms with Crippen LogP contribution in [0.25, 0.3) is 0 Å². The third-order valence-corrected chi connectivity index (χ3v) is 16.3. The fourth-order valence-electron chi connectivity index (χ4n) is 13.3. The van der Waals surface area contributed by atoms with Crippen LogP contribution in [-0.4, -0.2) is 78.2 Å². The van der Waals surface area contributed by atoms with Crippen LogP contribution in [0.15, 0.2) is 11.6 Å². The van der Waals surface area contributed by atoms with Crippen LogP contribution in [0.2, 0.25) is 0 Å². The van der Waals surface area contributed by atoms with Crippen LogP contribution < -0.4 is 5.32 Å². The van der Waals surface area contributed by atoms with Crippen LogP contribution in [0.3, 0.4) is 0 Å². The van der Waals surface area contributed by atoms with Crippen molar-refractivity contribution < 1.29 is 52.8 Å². The minimum atomic E-state index is -1.37. The van der Waals surface area contributed by atoms with Crippen LogP contribution in [0.1, 0.15) is 140 Å². The van der Waals surface area contributed by atoms with Gasteiger partial charge in [-0.2, -0.15) is 0 Å². The number of aliphatic hydroxyl groups excluding tert-OH is 1. The molecule has 0 aromatic carbocycles. The predicted octanol–water partition coefficient (Wildman–Crippen LogP) is 6.35. The highest BCUT2D eigenvalue weighted by atomic mass is 16.7. The molecule has 4 saturated carbocycles. The molecule has 2 N–H and O–H groups in total. The number of carbonyl (C=O) groups is 5. The number of amides is 1. The first-order valence-electron chi connectivity index (χ1n) is 20.9. The molecule has 1 amide bonds. The highest BCUT2D eigenvalue weighted by molar-refractivity contribution is 5.84. The maximum absolute atomic E-state index is 15.2. The van der Waals surface area contributed by atoms with Crippen molar-refractivity contribution in [1.29, 1.82) is 0 Å². The molecule has 7 unspecified atom stereocenters. The molecule has 5 aliphatic carbocycles. The Balaban J connectivity index is 1.37. The molecule has 314 valence electrons. The number of carbonyl (C=O) groups excluding carboxylic acids is 5. The number of fused-ring (bicyclic) bond motifs is 7. The number of esters is 4. The van der Waals surface area contributed by atoms with Crippen molar-refractivity contribution in [3.8, 4) is 0 Å². The van der Waals surface area contributed by atoms with Crippen molar-refractivity contribution in [3.05, 3.63) is 11.6 Å². The van der Waals surface area contributed by atoms with Crippen molar-refractivity contribution in [2.24, 2.45) is 50.2 Å². The Hall–Kier alpha value is -2.99. The summed E-state index contributed by atoms with van der Waals surface area (Å²) in [5.74, 6) is -2.17. The van der Waals surface area contributed by atoms with Gasteiger partial charge in [-0.15, -0.1) is 0 Å². The fourth-order valence-corrected chi connectivity index (χ4v) is 13.3. The van der Waals surface area contributed by atoms with Gasteiger partial charge in [0.25, 0.3) is 0 Å². The van der Waals surface area contributed by atoms with Crippen LogP contribution in [0.4, 0.5) is 0 Å². The minimum absolute atomic E-state index is 0.00471. The average Bonchev–Trinajstić information content (AvgIpc) is 3.07. The van der Waals surface area contributed by atoms with E-state index in [1.54, 1.807) is 0 Å². The molecule has 56 heavy (non-hydrogen) atoms. The Morgan fingerprint density at radius 2 is 1.36 bits per heavy atom. The van der Waals surface area contributed by atoms with E-state index in [9.17, 15) is 24.3 Å². The maximum atomic E-state index is 15.2. The number of nitrogens with one attached hydrogen (secondary N) is 1. The smallest absolute Gasteiger partial charge is 0.303 e. The lowest BCUT2D eigenvalue weighted by Crippen LogP contribution is -2.68. The monoisotopic (exact) mass is 785 g/mol. The number of rotatable bonds is 7. The number of ether oxygens (including phenoxy) is 5. The molecule has 6 aliphatic rings. The van der Waals surface area contributed by atoms with Gasteiger partial charge in [0.2, 0.25) is 5.91 Å². The summed E-state index contributed by atoms with van der Waals surface area (Å²) in [6.45, 7) is 21.0. The average molecular weight is 786 g/mol. The first-order valence-corrected chi connectivity index (χ1v) is 20.9. The highest BCUT2D eigenvalue weighted by Gasteiger charge is 2.69. The molecule has 13 atom stereocenters. The summed E-state index contributed by atoms with van der Waals surface area (Å²) in [5, 5.41) is 14.3. The lowest BCUT2D eigenvalue weighted by Gasteiger charge is -2.71. The molecule has 0 aromatic heterocycles. The summed E-state index contributed by atoms with van der Waals surface area (Å²) in [4.78, 5) is 64.5. The van der Waals surface area contributed by atoms with Crippen LogP contribution >= 0.6 is 0 Å². The second-order valence-electron chi connectivity index (χ2n) is 20.3. The van der Waals surface area contributed by atoms with Gasteiger partial charge in [-0.1, -0.05) is 60.1 Å². The van der Waals surface area contributed by atoms with Crippen LogP contribution in [-0.2, 0) is 47.7 Å². The summed E-state index contributed by atoms with van der Waals surface area (Å²) in [6.07, 6.45) is 4.43.